The highest BCUT2D eigenvalue weighted by molar-refractivity contribution is 6.30. The van der Waals surface area contributed by atoms with E-state index < -0.39 is 0 Å². The van der Waals surface area contributed by atoms with E-state index in [0.717, 1.165) is 0 Å². The molecule has 5 nitrogen and oxygen atoms in total. The molecule has 2 aromatic carbocycles. The number of aromatic amines is 1. The van der Waals surface area contributed by atoms with E-state index in [4.69, 9.17) is 11.6 Å². The number of aromatic nitrogens is 2. The zero-order chi connectivity index (χ0) is 15.0. The number of hydrogen-bond acceptors (Lipinski definition) is 3. The zero-order valence-corrected chi connectivity index (χ0v) is 11.5. The molecule has 0 aliphatic carbocycles. The second kappa shape index (κ2) is 5.03. The molecule has 1 heterocycles. The Labute approximate surface area is 124 Å². The SMILES string of the molecule is O=c1cc(-c2c(O)cccc2O)[nH]n1-c1ccc(Cl)cc1. The highest BCUT2D eigenvalue weighted by Gasteiger charge is 2.14. The Morgan fingerprint density at radius 3 is 2.24 bits per heavy atom. The van der Waals surface area contributed by atoms with Crippen LogP contribution < -0.4 is 5.56 Å². The van der Waals surface area contributed by atoms with Crippen molar-refractivity contribution in [2.75, 3.05) is 0 Å². The van der Waals surface area contributed by atoms with Crippen LogP contribution in [-0.4, -0.2) is 20.0 Å². The van der Waals surface area contributed by atoms with Crippen molar-refractivity contribution in [1.82, 2.24) is 9.78 Å². The molecule has 106 valence electrons. The lowest BCUT2D eigenvalue weighted by Crippen LogP contribution is -2.13. The van der Waals surface area contributed by atoms with Gasteiger partial charge < -0.3 is 10.2 Å². The average Bonchev–Trinajstić information content (AvgIpc) is 2.81. The summed E-state index contributed by atoms with van der Waals surface area (Å²) in [5, 5.41) is 23.1. The molecule has 1 aromatic heterocycles. The van der Waals surface area contributed by atoms with E-state index in [-0.39, 0.29) is 22.6 Å². The van der Waals surface area contributed by atoms with Gasteiger partial charge in [0.2, 0.25) is 0 Å². The van der Waals surface area contributed by atoms with Crippen LogP contribution in [0.25, 0.3) is 16.9 Å². The summed E-state index contributed by atoms with van der Waals surface area (Å²) in [7, 11) is 0. The largest absolute Gasteiger partial charge is 0.507 e. The minimum atomic E-state index is -0.310. The van der Waals surface area contributed by atoms with Crippen molar-refractivity contribution in [3.8, 4) is 28.4 Å². The van der Waals surface area contributed by atoms with Crippen molar-refractivity contribution in [2.45, 2.75) is 0 Å². The zero-order valence-electron chi connectivity index (χ0n) is 10.7. The predicted molar refractivity (Wildman–Crippen MR) is 80.2 cm³/mol. The fraction of sp³-hybridized carbons (Fsp3) is 0. The first-order valence-corrected chi connectivity index (χ1v) is 6.53. The van der Waals surface area contributed by atoms with E-state index >= 15 is 0 Å². The smallest absolute Gasteiger partial charge is 0.271 e. The van der Waals surface area contributed by atoms with E-state index in [0.29, 0.717) is 16.4 Å². The van der Waals surface area contributed by atoms with Crippen LogP contribution in [0.15, 0.2) is 53.3 Å². The molecule has 0 aliphatic heterocycles. The van der Waals surface area contributed by atoms with Crippen LogP contribution in [0.2, 0.25) is 5.02 Å². The molecule has 0 amide bonds. The normalized spacial score (nSPS) is 10.7. The van der Waals surface area contributed by atoms with E-state index in [1.54, 1.807) is 24.3 Å². The number of aromatic hydroxyl groups is 2. The van der Waals surface area contributed by atoms with Gasteiger partial charge in [-0.3, -0.25) is 9.89 Å². The lowest BCUT2D eigenvalue weighted by Gasteiger charge is -2.05. The van der Waals surface area contributed by atoms with Crippen molar-refractivity contribution < 1.29 is 10.2 Å². The molecule has 0 radical (unpaired) electrons. The number of hydrogen-bond donors (Lipinski definition) is 3. The number of phenolic OH excluding ortho intramolecular Hbond substituents is 2. The Bertz CT molecular complexity index is 830. The molecule has 21 heavy (non-hydrogen) atoms. The number of nitrogens with zero attached hydrogens (tertiary/aromatic N) is 1. The highest BCUT2D eigenvalue weighted by atomic mass is 35.5. The van der Waals surface area contributed by atoms with Gasteiger partial charge in [0.15, 0.2) is 0 Å². The quantitative estimate of drug-likeness (QED) is 0.681. The Kier molecular flexibility index (Phi) is 3.19. The number of rotatable bonds is 2. The molecule has 3 aromatic rings. The molecule has 0 aliphatic rings. The fourth-order valence-electron chi connectivity index (χ4n) is 2.11. The van der Waals surface area contributed by atoms with Crippen molar-refractivity contribution in [3.05, 3.63) is 63.9 Å². The Balaban J connectivity index is 2.14. The number of H-pyrrole nitrogens is 1. The number of nitrogens with one attached hydrogen (secondary N) is 1. The second-order valence-corrected chi connectivity index (χ2v) is 4.93. The summed E-state index contributed by atoms with van der Waals surface area (Å²) in [6.07, 6.45) is 0. The third-order valence-electron chi connectivity index (χ3n) is 3.10. The molecular formula is C15H11ClN2O3. The van der Waals surface area contributed by atoms with Crippen LogP contribution >= 0.6 is 11.6 Å². The van der Waals surface area contributed by atoms with Crippen molar-refractivity contribution in [3.63, 3.8) is 0 Å². The van der Waals surface area contributed by atoms with Gasteiger partial charge in [-0.2, -0.15) is 0 Å². The first-order chi connectivity index (χ1) is 10.1. The van der Waals surface area contributed by atoms with Gasteiger partial charge in [-0.05, 0) is 36.4 Å². The van der Waals surface area contributed by atoms with Crippen LogP contribution in [0, 0.1) is 0 Å². The van der Waals surface area contributed by atoms with Gasteiger partial charge in [0.25, 0.3) is 5.56 Å². The maximum atomic E-state index is 12.1. The van der Waals surface area contributed by atoms with Crippen molar-refractivity contribution in [1.29, 1.82) is 0 Å². The molecule has 0 fully saturated rings. The van der Waals surface area contributed by atoms with E-state index in [2.05, 4.69) is 5.10 Å². The van der Waals surface area contributed by atoms with E-state index in [9.17, 15) is 15.0 Å². The lowest BCUT2D eigenvalue weighted by molar-refractivity contribution is 0.454. The summed E-state index contributed by atoms with van der Waals surface area (Å²) in [4.78, 5) is 12.1. The highest BCUT2D eigenvalue weighted by Crippen LogP contribution is 2.35. The Hall–Kier alpha value is -2.66. The summed E-state index contributed by atoms with van der Waals surface area (Å²) in [6, 6.07) is 12.4. The summed E-state index contributed by atoms with van der Waals surface area (Å²) in [5.74, 6) is -0.223. The Morgan fingerprint density at radius 1 is 1.00 bits per heavy atom. The minimum Gasteiger partial charge on any atom is -0.507 e. The van der Waals surface area contributed by atoms with Crippen molar-refractivity contribution >= 4 is 11.6 Å². The predicted octanol–water partition coefficient (Wildman–Crippen LogP) is 2.90. The molecule has 3 N–H and O–H groups in total. The third kappa shape index (κ3) is 2.39. The van der Waals surface area contributed by atoms with Gasteiger partial charge in [-0.1, -0.05) is 17.7 Å². The maximum Gasteiger partial charge on any atom is 0.271 e. The molecule has 0 spiro atoms. The first kappa shape index (κ1) is 13.3. The third-order valence-corrected chi connectivity index (χ3v) is 3.35. The van der Waals surface area contributed by atoms with Crippen LogP contribution in [0.5, 0.6) is 11.5 Å². The second-order valence-electron chi connectivity index (χ2n) is 4.49. The molecular weight excluding hydrogens is 292 g/mol. The molecule has 0 saturated heterocycles. The number of phenols is 2. The molecule has 0 bridgehead atoms. The summed E-state index contributed by atoms with van der Waals surface area (Å²) in [5.41, 5.74) is 0.799. The van der Waals surface area contributed by atoms with Gasteiger partial charge in [-0.15, -0.1) is 0 Å². The standard InChI is InChI=1S/C15H11ClN2O3/c16-9-4-6-10(7-5-9)18-14(21)8-11(17-18)15-12(19)2-1-3-13(15)20/h1-8,17,19-20H. The topological polar surface area (TPSA) is 78.2 Å². The molecule has 6 heteroatoms. The maximum absolute atomic E-state index is 12.1. The molecule has 0 saturated carbocycles. The van der Waals surface area contributed by atoms with E-state index in [1.807, 2.05) is 0 Å². The van der Waals surface area contributed by atoms with Gasteiger partial charge in [0, 0.05) is 11.1 Å². The molecule has 3 rings (SSSR count). The average molecular weight is 303 g/mol. The first-order valence-electron chi connectivity index (χ1n) is 6.15. The summed E-state index contributed by atoms with van der Waals surface area (Å²) in [6.45, 7) is 0. The van der Waals surface area contributed by atoms with Gasteiger partial charge >= 0.3 is 0 Å². The van der Waals surface area contributed by atoms with E-state index in [1.165, 1.54) is 28.9 Å². The molecule has 0 unspecified atom stereocenters. The van der Waals surface area contributed by atoms with Crippen LogP contribution in [0.1, 0.15) is 0 Å². The van der Waals surface area contributed by atoms with Gasteiger partial charge in [0.1, 0.15) is 11.5 Å². The Morgan fingerprint density at radius 2 is 1.62 bits per heavy atom. The van der Waals surface area contributed by atoms with Crippen LogP contribution in [0.3, 0.4) is 0 Å². The van der Waals surface area contributed by atoms with Crippen LogP contribution in [-0.2, 0) is 0 Å². The summed E-state index contributed by atoms with van der Waals surface area (Å²) >= 11 is 5.82. The fourth-order valence-corrected chi connectivity index (χ4v) is 2.24. The van der Waals surface area contributed by atoms with Crippen LogP contribution in [0.4, 0.5) is 0 Å². The van der Waals surface area contributed by atoms with Gasteiger partial charge in [-0.25, -0.2) is 4.68 Å². The minimum absolute atomic E-state index is 0.112. The summed E-state index contributed by atoms with van der Waals surface area (Å²) < 4.78 is 1.30. The van der Waals surface area contributed by atoms with Crippen molar-refractivity contribution in [2.24, 2.45) is 0 Å². The number of halogens is 1. The number of benzene rings is 2. The monoisotopic (exact) mass is 302 g/mol. The van der Waals surface area contributed by atoms with Gasteiger partial charge in [0.05, 0.1) is 16.9 Å². The lowest BCUT2D eigenvalue weighted by atomic mass is 10.1. The molecule has 0 atom stereocenters.